The van der Waals surface area contributed by atoms with Crippen LogP contribution in [0.3, 0.4) is 0 Å². The number of aromatic nitrogens is 2. The number of carbonyl (C=O) groups is 2. The first-order valence-corrected chi connectivity index (χ1v) is 11.4. The van der Waals surface area contributed by atoms with Gasteiger partial charge in [0.25, 0.3) is 5.91 Å². The van der Waals surface area contributed by atoms with Gasteiger partial charge in [-0.3, -0.25) is 15.1 Å². The quantitative estimate of drug-likeness (QED) is 0.597. The number of alkyl carbamates (subject to hydrolysis) is 1. The molecule has 3 heterocycles. The van der Waals surface area contributed by atoms with Crippen LogP contribution in [-0.4, -0.2) is 51.8 Å². The zero-order chi connectivity index (χ0) is 28.5. The van der Waals surface area contributed by atoms with Gasteiger partial charge >= 0.3 is 12.3 Å². The van der Waals surface area contributed by atoms with Crippen LogP contribution in [0.5, 0.6) is 0 Å². The number of ether oxygens (including phenoxy) is 2. The Hall–Kier alpha value is -4.05. The van der Waals surface area contributed by atoms with E-state index in [4.69, 9.17) is 14.7 Å². The Morgan fingerprint density at radius 2 is 1.87 bits per heavy atom. The molecule has 0 aliphatic carbocycles. The second kappa shape index (κ2) is 10.0. The minimum Gasteiger partial charge on any atom is -0.444 e. The molecule has 0 bridgehead atoms. The van der Waals surface area contributed by atoms with Crippen molar-refractivity contribution < 1.29 is 32.2 Å². The molecule has 0 unspecified atom stereocenters. The second-order valence-corrected chi connectivity index (χ2v) is 10.0. The van der Waals surface area contributed by atoms with Crippen LogP contribution >= 0.6 is 0 Å². The average Bonchev–Trinajstić information content (AvgIpc) is 2.79. The number of nitrogens with one attached hydrogen (secondary N) is 2. The fourth-order valence-corrected chi connectivity index (χ4v) is 3.49. The summed E-state index contributed by atoms with van der Waals surface area (Å²) in [4.78, 5) is 37.7. The van der Waals surface area contributed by atoms with Crippen LogP contribution in [0.1, 0.15) is 61.9 Å². The van der Waals surface area contributed by atoms with Crippen LogP contribution in [0, 0.1) is 18.3 Å². The molecular formula is C25H27F3N6O4. The summed E-state index contributed by atoms with van der Waals surface area (Å²) in [6.07, 6.45) is -4.77. The highest BCUT2D eigenvalue weighted by atomic mass is 19.4. The topological polar surface area (TPSA) is 139 Å². The number of rotatable bonds is 3. The van der Waals surface area contributed by atoms with Crippen LogP contribution in [0.15, 0.2) is 35.5 Å². The predicted octanol–water partition coefficient (Wildman–Crippen LogP) is 4.40. The Morgan fingerprint density at radius 3 is 2.45 bits per heavy atom. The van der Waals surface area contributed by atoms with Gasteiger partial charge in [-0.2, -0.15) is 18.4 Å². The van der Waals surface area contributed by atoms with E-state index < -0.39 is 47.4 Å². The number of carbonyl (C=O) groups excluding carboxylic acids is 2. The van der Waals surface area contributed by atoms with Crippen LogP contribution in [-0.2, 0) is 15.0 Å². The number of anilines is 1. The number of amidine groups is 1. The molecule has 202 valence electrons. The summed E-state index contributed by atoms with van der Waals surface area (Å²) in [6.45, 7) is 8.05. The van der Waals surface area contributed by atoms with Gasteiger partial charge in [-0.15, -0.1) is 0 Å². The van der Waals surface area contributed by atoms with Crippen molar-refractivity contribution in [2.45, 2.75) is 64.5 Å². The fraction of sp³-hybridized carbons (Fsp3) is 0.440. The lowest BCUT2D eigenvalue weighted by atomic mass is 9.93. The number of nitriles is 1. The van der Waals surface area contributed by atoms with Gasteiger partial charge < -0.3 is 14.8 Å². The summed E-state index contributed by atoms with van der Waals surface area (Å²) in [5.74, 6) is -1.30. The normalized spacial score (nSPS) is 21.6. The maximum atomic E-state index is 14.0. The summed E-state index contributed by atoms with van der Waals surface area (Å²) in [6, 6.07) is 7.98. The second-order valence-electron chi connectivity index (χ2n) is 10.0. The van der Waals surface area contributed by atoms with Crippen molar-refractivity contribution in [1.29, 1.82) is 5.26 Å². The Morgan fingerprint density at radius 1 is 1.18 bits per heavy atom. The summed E-state index contributed by atoms with van der Waals surface area (Å²) in [5.41, 5.74) is -4.32. The van der Waals surface area contributed by atoms with E-state index in [0.717, 1.165) is 6.92 Å². The summed E-state index contributed by atoms with van der Waals surface area (Å²) in [7, 11) is 0. The lowest BCUT2D eigenvalue weighted by Crippen LogP contribution is -2.62. The van der Waals surface area contributed by atoms with Gasteiger partial charge in [0.05, 0.1) is 17.9 Å². The minimum absolute atomic E-state index is 0.0752. The van der Waals surface area contributed by atoms with E-state index in [1.165, 1.54) is 37.4 Å². The van der Waals surface area contributed by atoms with Crippen LogP contribution in [0.2, 0.25) is 0 Å². The molecule has 1 aliphatic heterocycles. The van der Waals surface area contributed by atoms with Crippen molar-refractivity contribution in [3.63, 3.8) is 0 Å². The summed E-state index contributed by atoms with van der Waals surface area (Å²) in [5, 5.41) is 13.7. The van der Waals surface area contributed by atoms with E-state index in [-0.39, 0.29) is 17.2 Å². The Labute approximate surface area is 217 Å². The molecule has 13 heteroatoms. The van der Waals surface area contributed by atoms with E-state index in [1.807, 2.05) is 6.07 Å². The van der Waals surface area contributed by atoms with Gasteiger partial charge in [0.15, 0.2) is 0 Å². The first-order chi connectivity index (χ1) is 17.5. The van der Waals surface area contributed by atoms with Gasteiger partial charge in [-0.1, -0.05) is 6.07 Å². The fourth-order valence-electron chi connectivity index (χ4n) is 3.49. The van der Waals surface area contributed by atoms with Gasteiger partial charge in [-0.25, -0.2) is 14.8 Å². The van der Waals surface area contributed by atoms with Gasteiger partial charge in [0.1, 0.15) is 34.6 Å². The third-order valence-corrected chi connectivity index (χ3v) is 5.58. The van der Waals surface area contributed by atoms with Crippen molar-refractivity contribution in [2.75, 3.05) is 11.9 Å². The van der Waals surface area contributed by atoms with Crippen molar-refractivity contribution in [3.05, 3.63) is 53.0 Å². The number of amides is 2. The first kappa shape index (κ1) is 28.5. The van der Waals surface area contributed by atoms with Gasteiger partial charge in [0.2, 0.25) is 5.60 Å². The third kappa shape index (κ3) is 6.08. The highest BCUT2D eigenvalue weighted by molar-refractivity contribution is 6.03. The summed E-state index contributed by atoms with van der Waals surface area (Å²) >= 11 is 0. The molecule has 0 spiro atoms. The number of alkyl halides is 3. The number of halogens is 3. The van der Waals surface area contributed by atoms with Crippen LogP contribution < -0.4 is 10.6 Å². The molecule has 0 radical (unpaired) electrons. The SMILES string of the molecule is Cc1cc(C#N)cnc1C(=O)Nc1cccc([C@]2(C)CO[C@@](C)(C(F)(F)F)C(NC(=O)OC(C)(C)C)=N2)n1. The molecule has 2 amide bonds. The number of aliphatic imine (C=N–C) groups is 1. The van der Waals surface area contributed by atoms with E-state index in [9.17, 15) is 22.8 Å². The van der Waals surface area contributed by atoms with E-state index >= 15 is 0 Å². The molecule has 0 saturated heterocycles. The van der Waals surface area contributed by atoms with Crippen molar-refractivity contribution in [2.24, 2.45) is 4.99 Å². The lowest BCUT2D eigenvalue weighted by Gasteiger charge is -2.41. The largest absolute Gasteiger partial charge is 0.444 e. The number of nitrogens with zero attached hydrogens (tertiary/aromatic N) is 4. The standard InChI is InChI=1S/C25H27F3N6O4/c1-14-10-15(11-29)12-30-18(14)19(35)32-17-9-7-8-16(31-17)23(5)13-37-24(6,25(26,27)28)20(34-23)33-21(36)38-22(2,3)4/h7-10,12H,13H2,1-6H3,(H,31,32,35)(H,33,34,36)/t23-,24+/m0/s1. The van der Waals surface area contributed by atoms with Crippen LogP contribution in [0.25, 0.3) is 0 Å². The van der Waals surface area contributed by atoms with Crippen LogP contribution in [0.4, 0.5) is 23.8 Å². The minimum atomic E-state index is -4.91. The van der Waals surface area contributed by atoms with Crippen molar-refractivity contribution >= 4 is 23.7 Å². The molecule has 10 nitrogen and oxygen atoms in total. The maximum absolute atomic E-state index is 14.0. The highest BCUT2D eigenvalue weighted by Crippen LogP contribution is 2.41. The Balaban J connectivity index is 1.95. The monoisotopic (exact) mass is 532 g/mol. The van der Waals surface area contributed by atoms with Crippen molar-refractivity contribution in [1.82, 2.24) is 15.3 Å². The van der Waals surface area contributed by atoms with E-state index in [2.05, 4.69) is 25.6 Å². The molecule has 38 heavy (non-hydrogen) atoms. The molecule has 2 atom stereocenters. The van der Waals surface area contributed by atoms with Gasteiger partial charge in [-0.05, 0) is 65.3 Å². The summed E-state index contributed by atoms with van der Waals surface area (Å²) < 4.78 is 52.3. The highest BCUT2D eigenvalue weighted by Gasteiger charge is 2.60. The molecule has 0 saturated carbocycles. The Bertz CT molecular complexity index is 1330. The number of pyridine rings is 2. The number of hydrogen-bond acceptors (Lipinski definition) is 8. The molecule has 2 aromatic rings. The molecule has 2 N–H and O–H groups in total. The molecule has 0 aromatic carbocycles. The zero-order valence-corrected chi connectivity index (χ0v) is 21.6. The average molecular weight is 533 g/mol. The zero-order valence-electron chi connectivity index (χ0n) is 21.6. The van der Waals surface area contributed by atoms with E-state index in [0.29, 0.717) is 11.1 Å². The molecular weight excluding hydrogens is 505 g/mol. The predicted molar refractivity (Wildman–Crippen MR) is 130 cm³/mol. The first-order valence-electron chi connectivity index (χ1n) is 11.4. The van der Waals surface area contributed by atoms with Gasteiger partial charge in [0, 0.05) is 6.20 Å². The Kier molecular flexibility index (Phi) is 7.52. The number of aryl methyl sites for hydroxylation is 1. The lowest BCUT2D eigenvalue weighted by molar-refractivity contribution is -0.250. The smallest absolute Gasteiger partial charge is 0.424 e. The van der Waals surface area contributed by atoms with Crippen molar-refractivity contribution in [3.8, 4) is 6.07 Å². The molecule has 3 rings (SSSR count). The molecule has 1 aliphatic rings. The van der Waals surface area contributed by atoms with E-state index in [1.54, 1.807) is 27.7 Å². The molecule has 0 fully saturated rings. The number of hydrogen-bond donors (Lipinski definition) is 2. The molecule has 2 aromatic heterocycles. The third-order valence-electron chi connectivity index (χ3n) is 5.58. The maximum Gasteiger partial charge on any atom is 0.424 e.